The lowest BCUT2D eigenvalue weighted by Gasteiger charge is -2.19. The van der Waals surface area contributed by atoms with Gasteiger partial charge in [-0.3, -0.25) is 9.59 Å². The van der Waals surface area contributed by atoms with Crippen LogP contribution in [0.5, 0.6) is 0 Å². The Morgan fingerprint density at radius 1 is 1.39 bits per heavy atom. The molecule has 1 rings (SSSR count). The van der Waals surface area contributed by atoms with E-state index in [2.05, 4.69) is 16.6 Å². The average molecular weight is 411 g/mol. The summed E-state index contributed by atoms with van der Waals surface area (Å²) in [6, 6.07) is 0. The standard InChI is InChI=1S/C22H34O5S/c1-4-5-6-8-16(2)19(23)11-10-17-18(21(25)15-20(17)24)12-14-28-13-7-9-22(26)27-3/h10-11,16-20,23-24H,4,7-9,12-15H2,1-3H3/b11-10+/t16-,17+,18+,19-,20+/m0/s1. The second kappa shape index (κ2) is 13.8. The smallest absolute Gasteiger partial charge is 0.305 e. The van der Waals surface area contributed by atoms with Crippen LogP contribution in [0.3, 0.4) is 0 Å². The first-order valence-corrected chi connectivity index (χ1v) is 11.2. The lowest BCUT2D eigenvalue weighted by atomic mass is 9.90. The van der Waals surface area contributed by atoms with Crippen molar-refractivity contribution in [3.8, 4) is 11.8 Å². The van der Waals surface area contributed by atoms with Crippen molar-refractivity contribution in [2.24, 2.45) is 17.8 Å². The second-order valence-corrected chi connectivity index (χ2v) is 8.49. The highest BCUT2D eigenvalue weighted by molar-refractivity contribution is 7.99. The van der Waals surface area contributed by atoms with Gasteiger partial charge in [0, 0.05) is 37.5 Å². The molecule has 0 aliphatic heterocycles. The van der Waals surface area contributed by atoms with Crippen LogP contribution in [0.4, 0.5) is 0 Å². The number of Topliss-reactive ketones (excluding diaryl/α,β-unsaturated/α-hetero) is 1. The van der Waals surface area contributed by atoms with E-state index in [1.54, 1.807) is 17.8 Å². The second-order valence-electron chi connectivity index (χ2n) is 7.27. The first-order chi connectivity index (χ1) is 13.4. The van der Waals surface area contributed by atoms with Gasteiger partial charge in [-0.25, -0.2) is 0 Å². The molecule has 0 heterocycles. The predicted octanol–water partition coefficient (Wildman–Crippen LogP) is 2.99. The summed E-state index contributed by atoms with van der Waals surface area (Å²) in [7, 11) is 1.39. The third kappa shape index (κ3) is 8.81. The van der Waals surface area contributed by atoms with Gasteiger partial charge in [-0.15, -0.1) is 11.8 Å². The fourth-order valence-corrected chi connectivity index (χ4v) is 4.21. The van der Waals surface area contributed by atoms with E-state index >= 15 is 0 Å². The number of carbonyl (C=O) groups excluding carboxylic acids is 2. The Labute approximate surface area is 173 Å². The van der Waals surface area contributed by atoms with Crippen LogP contribution in [-0.2, 0) is 14.3 Å². The van der Waals surface area contributed by atoms with Crippen molar-refractivity contribution in [3.63, 3.8) is 0 Å². The molecule has 1 saturated carbocycles. The van der Waals surface area contributed by atoms with E-state index in [-0.39, 0.29) is 35.9 Å². The molecule has 0 bridgehead atoms. The normalized spacial score (nSPS) is 24.0. The summed E-state index contributed by atoms with van der Waals surface area (Å²) in [5, 5.41) is 20.5. The fourth-order valence-electron chi connectivity index (χ4n) is 3.24. The summed E-state index contributed by atoms with van der Waals surface area (Å²) in [5.74, 6) is 7.14. The number of carbonyl (C=O) groups is 2. The Kier molecular flexibility index (Phi) is 12.2. The zero-order chi connectivity index (χ0) is 20.9. The summed E-state index contributed by atoms with van der Waals surface area (Å²) >= 11 is 1.71. The number of methoxy groups -OCH3 is 1. The molecule has 0 aromatic carbocycles. The van der Waals surface area contributed by atoms with Gasteiger partial charge < -0.3 is 14.9 Å². The molecule has 5 atom stereocenters. The molecule has 5 nitrogen and oxygen atoms in total. The number of ketones is 1. The average Bonchev–Trinajstić information content (AvgIpc) is 2.94. The van der Waals surface area contributed by atoms with E-state index < -0.39 is 12.2 Å². The van der Waals surface area contributed by atoms with E-state index in [1.807, 2.05) is 19.9 Å². The lowest BCUT2D eigenvalue weighted by molar-refractivity contribution is -0.140. The van der Waals surface area contributed by atoms with Crippen LogP contribution in [0.25, 0.3) is 0 Å². The minimum absolute atomic E-state index is 0.00774. The Morgan fingerprint density at radius 2 is 2.14 bits per heavy atom. The minimum Gasteiger partial charge on any atom is -0.469 e. The van der Waals surface area contributed by atoms with Crippen molar-refractivity contribution in [2.45, 2.75) is 64.6 Å². The van der Waals surface area contributed by atoms with Crippen LogP contribution in [-0.4, -0.2) is 52.8 Å². The van der Waals surface area contributed by atoms with Gasteiger partial charge in [0.1, 0.15) is 5.78 Å². The molecule has 0 unspecified atom stereocenters. The van der Waals surface area contributed by atoms with Crippen LogP contribution in [0.1, 0.15) is 52.4 Å². The number of rotatable bonds is 11. The maximum atomic E-state index is 12.3. The largest absolute Gasteiger partial charge is 0.469 e. The Morgan fingerprint density at radius 3 is 2.82 bits per heavy atom. The summed E-state index contributed by atoms with van der Waals surface area (Å²) in [6.45, 7) is 3.93. The number of hydrogen-bond acceptors (Lipinski definition) is 6. The van der Waals surface area contributed by atoms with Gasteiger partial charge in [0.05, 0.1) is 19.3 Å². The van der Waals surface area contributed by atoms with Gasteiger partial charge in [-0.1, -0.05) is 26.0 Å². The van der Waals surface area contributed by atoms with Crippen LogP contribution < -0.4 is 0 Å². The highest BCUT2D eigenvalue weighted by atomic mass is 32.2. The number of thioether (sulfide) groups is 1. The number of aliphatic hydroxyl groups is 2. The Hall–Kier alpha value is -1.29. The van der Waals surface area contributed by atoms with Crippen molar-refractivity contribution in [2.75, 3.05) is 18.6 Å². The maximum absolute atomic E-state index is 12.3. The first-order valence-electron chi connectivity index (χ1n) is 10.1. The third-order valence-electron chi connectivity index (χ3n) is 5.04. The van der Waals surface area contributed by atoms with Crippen molar-refractivity contribution < 1.29 is 24.5 Å². The zero-order valence-corrected chi connectivity index (χ0v) is 18.0. The zero-order valence-electron chi connectivity index (χ0n) is 17.2. The molecule has 1 aliphatic rings. The van der Waals surface area contributed by atoms with Crippen LogP contribution in [0, 0.1) is 29.6 Å². The van der Waals surface area contributed by atoms with E-state index in [4.69, 9.17) is 0 Å². The summed E-state index contributed by atoms with van der Waals surface area (Å²) < 4.78 is 4.61. The molecule has 0 radical (unpaired) electrons. The van der Waals surface area contributed by atoms with Crippen molar-refractivity contribution in [1.29, 1.82) is 0 Å². The maximum Gasteiger partial charge on any atom is 0.305 e. The number of aliphatic hydroxyl groups excluding tert-OH is 2. The molecular weight excluding hydrogens is 376 g/mol. The van der Waals surface area contributed by atoms with Gasteiger partial charge in [-0.2, -0.15) is 11.8 Å². The number of hydrogen-bond donors (Lipinski definition) is 2. The van der Waals surface area contributed by atoms with Crippen molar-refractivity contribution >= 4 is 23.5 Å². The first kappa shape index (κ1) is 24.7. The van der Waals surface area contributed by atoms with Gasteiger partial charge in [-0.05, 0) is 30.3 Å². The topological polar surface area (TPSA) is 83.8 Å². The number of esters is 1. The van der Waals surface area contributed by atoms with Gasteiger partial charge in [0.25, 0.3) is 0 Å². The van der Waals surface area contributed by atoms with Crippen LogP contribution in [0.2, 0.25) is 0 Å². The molecular formula is C22H34O5S. The van der Waals surface area contributed by atoms with E-state index in [1.165, 1.54) is 7.11 Å². The van der Waals surface area contributed by atoms with Gasteiger partial charge in [0.2, 0.25) is 0 Å². The van der Waals surface area contributed by atoms with Gasteiger partial charge >= 0.3 is 5.97 Å². The van der Waals surface area contributed by atoms with Crippen LogP contribution >= 0.6 is 11.8 Å². The molecule has 0 saturated heterocycles. The monoisotopic (exact) mass is 410 g/mol. The molecule has 1 fully saturated rings. The molecule has 0 aromatic rings. The molecule has 1 aliphatic carbocycles. The quantitative estimate of drug-likeness (QED) is 0.236. The Bertz CT molecular complexity index is 577. The highest BCUT2D eigenvalue weighted by Gasteiger charge is 2.39. The third-order valence-corrected chi connectivity index (χ3v) is 6.14. The predicted molar refractivity (Wildman–Crippen MR) is 113 cm³/mol. The lowest BCUT2D eigenvalue weighted by Crippen LogP contribution is -2.21. The molecule has 0 aromatic heterocycles. The van der Waals surface area contributed by atoms with Crippen molar-refractivity contribution in [1.82, 2.24) is 0 Å². The summed E-state index contributed by atoms with van der Waals surface area (Å²) in [4.78, 5) is 23.3. The molecule has 2 N–H and O–H groups in total. The van der Waals surface area contributed by atoms with E-state index in [9.17, 15) is 19.8 Å². The summed E-state index contributed by atoms with van der Waals surface area (Å²) in [5.41, 5.74) is 0. The van der Waals surface area contributed by atoms with Gasteiger partial charge in [0.15, 0.2) is 0 Å². The van der Waals surface area contributed by atoms with Crippen molar-refractivity contribution in [3.05, 3.63) is 12.2 Å². The summed E-state index contributed by atoms with van der Waals surface area (Å²) in [6.07, 6.45) is 5.68. The number of ether oxygens (including phenoxy) is 1. The SMILES string of the molecule is CCC#CC[C@H](C)[C@@H](O)/C=C/[C@H]1[C@H](O)CC(=O)[C@@H]1CCSCCCC(=O)OC. The minimum atomic E-state index is -0.680. The van der Waals surface area contributed by atoms with E-state index in [0.29, 0.717) is 19.3 Å². The molecule has 28 heavy (non-hydrogen) atoms. The Balaban J connectivity index is 2.47. The molecule has 6 heteroatoms. The van der Waals surface area contributed by atoms with Crippen LogP contribution in [0.15, 0.2) is 12.2 Å². The molecule has 0 spiro atoms. The van der Waals surface area contributed by atoms with E-state index in [0.717, 1.165) is 24.3 Å². The molecule has 0 amide bonds. The highest BCUT2D eigenvalue weighted by Crippen LogP contribution is 2.34. The molecule has 158 valence electrons. The fraction of sp³-hybridized carbons (Fsp3) is 0.727.